The lowest BCUT2D eigenvalue weighted by atomic mass is 10.2. The second-order valence-corrected chi connectivity index (χ2v) is 3.89. The van der Waals surface area contributed by atoms with Gasteiger partial charge in [0.15, 0.2) is 11.5 Å². The zero-order valence-corrected chi connectivity index (χ0v) is 10.8. The second-order valence-electron chi connectivity index (χ2n) is 3.89. The van der Waals surface area contributed by atoms with Gasteiger partial charge in [-0.2, -0.15) is 0 Å². The number of nitrogens with one attached hydrogen (secondary N) is 1. The average molecular weight is 238 g/mol. The van der Waals surface area contributed by atoms with Crippen molar-refractivity contribution in [3.63, 3.8) is 0 Å². The summed E-state index contributed by atoms with van der Waals surface area (Å²) in [6, 6.07) is 5.95. The van der Waals surface area contributed by atoms with E-state index in [9.17, 15) is 0 Å². The molecule has 3 N–H and O–H groups in total. The van der Waals surface area contributed by atoms with E-state index in [1.54, 1.807) is 0 Å². The molecule has 1 atom stereocenters. The first-order chi connectivity index (χ1) is 8.17. The number of benzene rings is 1. The van der Waals surface area contributed by atoms with Crippen LogP contribution in [0.4, 0.5) is 5.69 Å². The van der Waals surface area contributed by atoms with Crippen LogP contribution in [0.2, 0.25) is 0 Å². The van der Waals surface area contributed by atoms with Crippen molar-refractivity contribution in [1.29, 1.82) is 0 Å². The summed E-state index contributed by atoms with van der Waals surface area (Å²) in [7, 11) is 0. The van der Waals surface area contributed by atoms with Crippen molar-refractivity contribution in [2.75, 3.05) is 25.1 Å². The average Bonchev–Trinajstić information content (AvgIpc) is 2.30. The first kappa shape index (κ1) is 13.6. The molecule has 1 aromatic rings. The lowest BCUT2D eigenvalue weighted by Crippen LogP contribution is -2.25. The highest BCUT2D eigenvalue weighted by Crippen LogP contribution is 2.30. The molecule has 96 valence electrons. The number of ether oxygens (including phenoxy) is 2. The molecule has 4 heteroatoms. The molecule has 0 aliphatic heterocycles. The van der Waals surface area contributed by atoms with Crippen LogP contribution < -0.4 is 20.5 Å². The maximum absolute atomic E-state index is 5.70. The number of hydrogen-bond donors (Lipinski definition) is 2. The number of nitrogens with two attached hydrogens (primary N) is 1. The van der Waals surface area contributed by atoms with Crippen LogP contribution in [0, 0.1) is 0 Å². The van der Waals surface area contributed by atoms with Crippen LogP contribution in [0.5, 0.6) is 11.5 Å². The van der Waals surface area contributed by atoms with Crippen molar-refractivity contribution in [2.24, 2.45) is 5.73 Å². The largest absolute Gasteiger partial charge is 0.490 e. The van der Waals surface area contributed by atoms with Crippen LogP contribution >= 0.6 is 0 Å². The highest BCUT2D eigenvalue weighted by atomic mass is 16.5. The molecule has 1 aromatic carbocycles. The van der Waals surface area contributed by atoms with Crippen LogP contribution in [-0.4, -0.2) is 25.8 Å². The summed E-state index contributed by atoms with van der Waals surface area (Å²) < 4.78 is 11.0. The normalized spacial score (nSPS) is 12.0. The van der Waals surface area contributed by atoms with Crippen molar-refractivity contribution in [2.45, 2.75) is 26.8 Å². The first-order valence-corrected chi connectivity index (χ1v) is 6.06. The SMILES string of the molecule is CCOc1ccc(NCC(C)N)cc1OCC. The lowest BCUT2D eigenvalue weighted by Gasteiger charge is -2.14. The molecule has 0 bridgehead atoms. The Morgan fingerprint density at radius 1 is 1.18 bits per heavy atom. The predicted octanol–water partition coefficient (Wildman–Crippen LogP) is 2.24. The molecule has 0 fully saturated rings. The molecule has 0 aromatic heterocycles. The fourth-order valence-corrected chi connectivity index (χ4v) is 1.44. The maximum Gasteiger partial charge on any atom is 0.163 e. The van der Waals surface area contributed by atoms with E-state index in [1.165, 1.54) is 0 Å². The molecular formula is C13H22N2O2. The minimum Gasteiger partial charge on any atom is -0.490 e. The third kappa shape index (κ3) is 4.53. The summed E-state index contributed by atoms with van der Waals surface area (Å²) in [6.07, 6.45) is 0. The Morgan fingerprint density at radius 2 is 1.82 bits per heavy atom. The lowest BCUT2D eigenvalue weighted by molar-refractivity contribution is 0.288. The van der Waals surface area contributed by atoms with E-state index in [4.69, 9.17) is 15.2 Å². The van der Waals surface area contributed by atoms with Crippen LogP contribution in [0.1, 0.15) is 20.8 Å². The van der Waals surface area contributed by atoms with Crippen molar-refractivity contribution in [3.05, 3.63) is 18.2 Å². The zero-order valence-electron chi connectivity index (χ0n) is 10.8. The molecule has 0 saturated carbocycles. The van der Waals surface area contributed by atoms with E-state index in [-0.39, 0.29) is 6.04 Å². The molecule has 1 rings (SSSR count). The third-order valence-electron chi connectivity index (χ3n) is 2.17. The van der Waals surface area contributed by atoms with Gasteiger partial charge >= 0.3 is 0 Å². The molecule has 0 aliphatic carbocycles. The molecule has 0 aliphatic rings. The van der Waals surface area contributed by atoms with Gasteiger partial charge in [-0.15, -0.1) is 0 Å². The zero-order chi connectivity index (χ0) is 12.7. The molecule has 0 spiro atoms. The molecule has 17 heavy (non-hydrogen) atoms. The summed E-state index contributed by atoms with van der Waals surface area (Å²) >= 11 is 0. The van der Waals surface area contributed by atoms with Gasteiger partial charge in [0.05, 0.1) is 13.2 Å². The van der Waals surface area contributed by atoms with E-state index in [0.717, 1.165) is 23.7 Å². The topological polar surface area (TPSA) is 56.5 Å². The van der Waals surface area contributed by atoms with Crippen molar-refractivity contribution in [1.82, 2.24) is 0 Å². The standard InChI is InChI=1S/C13H22N2O2/c1-4-16-12-7-6-11(15-9-10(3)14)8-13(12)17-5-2/h6-8,10,15H,4-5,9,14H2,1-3H3. The third-order valence-corrected chi connectivity index (χ3v) is 2.17. The molecule has 0 heterocycles. The molecule has 0 amide bonds. The Kier molecular flexibility index (Phi) is 5.63. The Morgan fingerprint density at radius 3 is 2.41 bits per heavy atom. The van der Waals surface area contributed by atoms with Gasteiger partial charge in [0.2, 0.25) is 0 Å². The van der Waals surface area contributed by atoms with Crippen molar-refractivity contribution >= 4 is 5.69 Å². The Hall–Kier alpha value is -1.42. The number of hydrogen-bond acceptors (Lipinski definition) is 4. The molecule has 0 radical (unpaired) electrons. The summed E-state index contributed by atoms with van der Waals surface area (Å²) in [5.74, 6) is 1.55. The minimum absolute atomic E-state index is 0.122. The van der Waals surface area contributed by atoms with E-state index in [1.807, 2.05) is 39.0 Å². The summed E-state index contributed by atoms with van der Waals surface area (Å²) in [5.41, 5.74) is 6.69. The van der Waals surface area contributed by atoms with E-state index < -0.39 is 0 Å². The van der Waals surface area contributed by atoms with Crippen LogP contribution in [0.3, 0.4) is 0 Å². The van der Waals surface area contributed by atoms with E-state index >= 15 is 0 Å². The summed E-state index contributed by atoms with van der Waals surface area (Å²) in [5, 5.41) is 3.25. The highest BCUT2D eigenvalue weighted by Gasteiger charge is 2.06. The van der Waals surface area contributed by atoms with E-state index in [2.05, 4.69) is 5.32 Å². The quantitative estimate of drug-likeness (QED) is 0.765. The van der Waals surface area contributed by atoms with Gasteiger partial charge in [-0.25, -0.2) is 0 Å². The monoisotopic (exact) mass is 238 g/mol. The van der Waals surface area contributed by atoms with Crippen molar-refractivity contribution in [3.8, 4) is 11.5 Å². The highest BCUT2D eigenvalue weighted by molar-refractivity contribution is 5.54. The Balaban J connectivity index is 2.77. The van der Waals surface area contributed by atoms with Gasteiger partial charge in [0, 0.05) is 24.3 Å². The fraction of sp³-hybridized carbons (Fsp3) is 0.538. The summed E-state index contributed by atoms with van der Waals surface area (Å²) in [6.45, 7) is 7.86. The number of rotatable bonds is 7. The summed E-state index contributed by atoms with van der Waals surface area (Å²) in [4.78, 5) is 0. The maximum atomic E-state index is 5.70. The van der Waals surface area contributed by atoms with Crippen LogP contribution in [0.25, 0.3) is 0 Å². The molecule has 1 unspecified atom stereocenters. The van der Waals surface area contributed by atoms with Gasteiger partial charge < -0.3 is 20.5 Å². The van der Waals surface area contributed by atoms with Crippen LogP contribution in [0.15, 0.2) is 18.2 Å². The first-order valence-electron chi connectivity index (χ1n) is 6.06. The van der Waals surface area contributed by atoms with Crippen molar-refractivity contribution < 1.29 is 9.47 Å². The Labute approximate surface area is 103 Å². The van der Waals surface area contributed by atoms with Gasteiger partial charge in [-0.3, -0.25) is 0 Å². The van der Waals surface area contributed by atoms with Crippen LogP contribution in [-0.2, 0) is 0 Å². The smallest absolute Gasteiger partial charge is 0.163 e. The number of anilines is 1. The van der Waals surface area contributed by atoms with Gasteiger partial charge in [0.25, 0.3) is 0 Å². The molecule has 4 nitrogen and oxygen atoms in total. The second kappa shape index (κ2) is 7.01. The Bertz CT molecular complexity index is 340. The van der Waals surface area contributed by atoms with E-state index in [0.29, 0.717) is 13.2 Å². The molecular weight excluding hydrogens is 216 g/mol. The fourth-order valence-electron chi connectivity index (χ4n) is 1.44. The van der Waals surface area contributed by atoms with Gasteiger partial charge in [0.1, 0.15) is 0 Å². The van der Waals surface area contributed by atoms with Gasteiger partial charge in [-0.1, -0.05) is 0 Å². The molecule has 0 saturated heterocycles. The van der Waals surface area contributed by atoms with Gasteiger partial charge in [-0.05, 0) is 32.9 Å². The minimum atomic E-state index is 0.122. The predicted molar refractivity (Wildman–Crippen MR) is 70.9 cm³/mol.